The number of halogens is 7. The number of alkyl halides is 6. The molecule has 2 rings (SSSR count). The lowest BCUT2D eigenvalue weighted by molar-refractivity contribution is -0.288. The second-order valence-corrected chi connectivity index (χ2v) is 5.12. The molecule has 130 valence electrons. The second kappa shape index (κ2) is 6.08. The normalized spacial score (nSPS) is 13.2. The highest BCUT2D eigenvalue weighted by Gasteiger charge is 2.73. The molecule has 8 heteroatoms. The smallest absolute Gasteiger partial charge is 0.326 e. The summed E-state index contributed by atoms with van der Waals surface area (Å²) in [6.45, 7) is -0.528. The highest BCUT2D eigenvalue weighted by atomic mass is 19.4. The zero-order valence-corrected chi connectivity index (χ0v) is 12.0. The van der Waals surface area contributed by atoms with E-state index in [4.69, 9.17) is 5.73 Å². The lowest BCUT2D eigenvalue weighted by Crippen LogP contribution is -2.55. The van der Waals surface area contributed by atoms with E-state index in [1.54, 1.807) is 0 Å². The summed E-state index contributed by atoms with van der Waals surface area (Å²) in [4.78, 5) is 0. The van der Waals surface area contributed by atoms with Gasteiger partial charge in [0.2, 0.25) is 5.41 Å². The molecule has 0 aliphatic heterocycles. The van der Waals surface area contributed by atoms with Gasteiger partial charge in [0.15, 0.2) is 0 Å². The molecule has 0 bridgehead atoms. The van der Waals surface area contributed by atoms with E-state index in [1.165, 1.54) is 6.07 Å². The molecule has 2 aromatic carbocycles. The molecule has 0 aromatic heterocycles. The van der Waals surface area contributed by atoms with Crippen LogP contribution in [0.2, 0.25) is 0 Å². The molecular formula is C16H12F7N. The first-order valence-corrected chi connectivity index (χ1v) is 6.73. The summed E-state index contributed by atoms with van der Waals surface area (Å²) in [5, 5.41) is 0. The average Bonchev–Trinajstić information content (AvgIpc) is 2.45. The lowest BCUT2D eigenvalue weighted by atomic mass is 9.71. The Morgan fingerprint density at radius 3 is 1.88 bits per heavy atom. The maximum absolute atomic E-state index is 13.8. The minimum atomic E-state index is -5.76. The Morgan fingerprint density at radius 1 is 0.792 bits per heavy atom. The van der Waals surface area contributed by atoms with Crippen LogP contribution < -0.4 is 5.73 Å². The van der Waals surface area contributed by atoms with Crippen molar-refractivity contribution in [3.05, 3.63) is 71.0 Å². The van der Waals surface area contributed by atoms with Gasteiger partial charge in [-0.1, -0.05) is 36.4 Å². The van der Waals surface area contributed by atoms with Gasteiger partial charge < -0.3 is 5.73 Å². The summed E-state index contributed by atoms with van der Waals surface area (Å²) in [6, 6.07) is 6.58. The van der Waals surface area contributed by atoms with Crippen LogP contribution in [-0.4, -0.2) is 12.4 Å². The van der Waals surface area contributed by atoms with Crippen molar-refractivity contribution in [3.8, 4) is 0 Å². The monoisotopic (exact) mass is 351 g/mol. The van der Waals surface area contributed by atoms with Gasteiger partial charge in [-0.05, 0) is 28.8 Å². The maximum atomic E-state index is 13.8. The van der Waals surface area contributed by atoms with E-state index < -0.39 is 41.3 Å². The van der Waals surface area contributed by atoms with Gasteiger partial charge in [0.25, 0.3) is 0 Å². The molecule has 0 aliphatic rings. The summed E-state index contributed by atoms with van der Waals surface area (Å²) in [5.41, 5.74) is -1.67. The number of nitrogens with two attached hydrogens (primary N) is 1. The minimum absolute atomic E-state index is 0.244. The molecule has 2 N–H and O–H groups in total. The van der Waals surface area contributed by atoms with Crippen molar-refractivity contribution in [2.75, 3.05) is 0 Å². The van der Waals surface area contributed by atoms with E-state index in [9.17, 15) is 30.7 Å². The van der Waals surface area contributed by atoms with Crippen LogP contribution in [0.3, 0.4) is 0 Å². The molecule has 0 saturated heterocycles. The Morgan fingerprint density at radius 2 is 1.38 bits per heavy atom. The first-order valence-electron chi connectivity index (χ1n) is 6.73. The van der Waals surface area contributed by atoms with E-state index in [1.807, 2.05) is 0 Å². The van der Waals surface area contributed by atoms with Gasteiger partial charge in [-0.15, -0.1) is 0 Å². The summed E-state index contributed by atoms with van der Waals surface area (Å²) in [5.74, 6) is -1.20. The Labute approximate surface area is 132 Å². The molecule has 0 fully saturated rings. The summed E-state index contributed by atoms with van der Waals surface area (Å²) < 4.78 is 96.3. The van der Waals surface area contributed by atoms with Crippen LogP contribution >= 0.6 is 0 Å². The van der Waals surface area contributed by atoms with Gasteiger partial charge in [0.1, 0.15) is 5.82 Å². The Kier molecular flexibility index (Phi) is 4.63. The van der Waals surface area contributed by atoms with Crippen molar-refractivity contribution in [2.45, 2.75) is 24.3 Å². The van der Waals surface area contributed by atoms with Crippen molar-refractivity contribution in [1.82, 2.24) is 0 Å². The number of hydrogen-bond donors (Lipinski definition) is 1. The molecule has 0 amide bonds. The van der Waals surface area contributed by atoms with Crippen LogP contribution in [0.25, 0.3) is 0 Å². The quantitative estimate of drug-likeness (QED) is 0.798. The predicted octanol–water partition coefficient (Wildman–Crippen LogP) is 4.70. The zero-order chi connectivity index (χ0) is 18.2. The van der Waals surface area contributed by atoms with Crippen LogP contribution in [-0.2, 0) is 12.0 Å². The Balaban J connectivity index is 2.98. The second-order valence-electron chi connectivity index (χ2n) is 5.12. The van der Waals surface area contributed by atoms with Crippen LogP contribution in [0.4, 0.5) is 30.7 Å². The van der Waals surface area contributed by atoms with Crippen LogP contribution in [0.5, 0.6) is 0 Å². The molecule has 0 atom stereocenters. The van der Waals surface area contributed by atoms with Crippen molar-refractivity contribution in [1.29, 1.82) is 0 Å². The SMILES string of the molecule is NCc1ccccc1C(c1cccc(F)c1)(C(F)(F)F)C(F)(F)F. The summed E-state index contributed by atoms with van der Waals surface area (Å²) in [7, 11) is 0. The van der Waals surface area contributed by atoms with Crippen molar-refractivity contribution < 1.29 is 30.7 Å². The molecule has 0 aliphatic carbocycles. The van der Waals surface area contributed by atoms with Crippen LogP contribution in [0.1, 0.15) is 16.7 Å². The molecule has 1 nitrogen and oxygen atoms in total. The van der Waals surface area contributed by atoms with E-state index in [0.29, 0.717) is 12.1 Å². The van der Waals surface area contributed by atoms with Gasteiger partial charge in [-0.25, -0.2) is 4.39 Å². The third-order valence-corrected chi connectivity index (χ3v) is 3.75. The van der Waals surface area contributed by atoms with Gasteiger partial charge in [0, 0.05) is 6.54 Å². The largest absolute Gasteiger partial charge is 0.411 e. The molecule has 0 spiro atoms. The van der Waals surface area contributed by atoms with E-state index in [-0.39, 0.29) is 11.6 Å². The topological polar surface area (TPSA) is 26.0 Å². The molecule has 0 unspecified atom stereocenters. The third-order valence-electron chi connectivity index (χ3n) is 3.75. The molecule has 2 aromatic rings. The van der Waals surface area contributed by atoms with Crippen molar-refractivity contribution >= 4 is 0 Å². The molecule has 0 heterocycles. The maximum Gasteiger partial charge on any atom is 0.411 e. The highest BCUT2D eigenvalue weighted by molar-refractivity contribution is 5.48. The van der Waals surface area contributed by atoms with Gasteiger partial charge in [0.05, 0.1) is 0 Å². The fourth-order valence-corrected chi connectivity index (χ4v) is 2.73. The molecule has 0 radical (unpaired) electrons. The van der Waals surface area contributed by atoms with Gasteiger partial charge >= 0.3 is 12.4 Å². The zero-order valence-electron chi connectivity index (χ0n) is 12.0. The standard InChI is InChI=1S/C16H12F7N/c17-12-6-3-5-11(8-12)14(15(18,19)20,16(21,22)23)13-7-2-1-4-10(13)9-24/h1-8H,9,24H2. The number of benzene rings is 2. The predicted molar refractivity (Wildman–Crippen MR) is 73.6 cm³/mol. The van der Waals surface area contributed by atoms with Crippen molar-refractivity contribution in [2.24, 2.45) is 5.73 Å². The first kappa shape index (κ1) is 18.3. The lowest BCUT2D eigenvalue weighted by Gasteiger charge is -2.39. The van der Waals surface area contributed by atoms with Crippen LogP contribution in [0, 0.1) is 5.82 Å². The number of rotatable bonds is 3. The average molecular weight is 351 g/mol. The van der Waals surface area contributed by atoms with Crippen LogP contribution in [0.15, 0.2) is 48.5 Å². The van der Waals surface area contributed by atoms with Crippen molar-refractivity contribution in [3.63, 3.8) is 0 Å². The molecule has 0 saturated carbocycles. The minimum Gasteiger partial charge on any atom is -0.326 e. The third kappa shape index (κ3) is 2.75. The Bertz CT molecular complexity index is 705. The van der Waals surface area contributed by atoms with E-state index >= 15 is 0 Å². The highest BCUT2D eigenvalue weighted by Crippen LogP contribution is 2.56. The summed E-state index contributed by atoms with van der Waals surface area (Å²) in [6.07, 6.45) is -11.5. The van der Waals surface area contributed by atoms with Gasteiger partial charge in [-0.2, -0.15) is 26.3 Å². The fraction of sp³-hybridized carbons (Fsp3) is 0.250. The van der Waals surface area contributed by atoms with E-state index in [0.717, 1.165) is 24.3 Å². The van der Waals surface area contributed by atoms with Gasteiger partial charge in [-0.3, -0.25) is 0 Å². The fourth-order valence-electron chi connectivity index (χ4n) is 2.73. The molecular weight excluding hydrogens is 339 g/mol. The Hall–Kier alpha value is -2.09. The molecule has 24 heavy (non-hydrogen) atoms. The van der Waals surface area contributed by atoms with E-state index in [2.05, 4.69) is 0 Å². The number of hydrogen-bond acceptors (Lipinski definition) is 1. The summed E-state index contributed by atoms with van der Waals surface area (Å²) >= 11 is 0. The first-order chi connectivity index (χ1) is 11.1.